The van der Waals surface area contributed by atoms with Crippen molar-refractivity contribution in [2.45, 2.75) is 52.2 Å². The lowest BCUT2D eigenvalue weighted by Crippen LogP contribution is -2.41. The van der Waals surface area contributed by atoms with Gasteiger partial charge in [-0.15, -0.1) is 0 Å². The molecule has 0 aromatic heterocycles. The van der Waals surface area contributed by atoms with Crippen LogP contribution in [0.2, 0.25) is 0 Å². The fourth-order valence-electron chi connectivity index (χ4n) is 1.96. The third kappa shape index (κ3) is 2.51. The van der Waals surface area contributed by atoms with Crippen LogP contribution in [-0.2, 0) is 9.53 Å². The van der Waals surface area contributed by atoms with Gasteiger partial charge in [-0.2, -0.15) is 0 Å². The van der Waals surface area contributed by atoms with Crippen molar-refractivity contribution in [3.05, 3.63) is 11.8 Å². The van der Waals surface area contributed by atoms with Gasteiger partial charge in [0.05, 0.1) is 6.04 Å². The highest BCUT2D eigenvalue weighted by Crippen LogP contribution is 2.41. The molecule has 0 saturated heterocycles. The van der Waals surface area contributed by atoms with E-state index in [2.05, 4.69) is 0 Å². The Hall–Kier alpha value is -1.32. The molecule has 1 aliphatic carbocycles. The topological polar surface area (TPSA) is 46.6 Å². The number of carbonyl (C=O) groups is 2. The van der Waals surface area contributed by atoms with E-state index in [9.17, 15) is 9.59 Å². The van der Waals surface area contributed by atoms with Gasteiger partial charge in [-0.3, -0.25) is 9.69 Å². The molecule has 0 spiro atoms. The van der Waals surface area contributed by atoms with Crippen LogP contribution in [0.15, 0.2) is 11.8 Å². The molecule has 4 nitrogen and oxygen atoms in total. The van der Waals surface area contributed by atoms with Crippen molar-refractivity contribution in [3.63, 3.8) is 0 Å². The summed E-state index contributed by atoms with van der Waals surface area (Å²) >= 11 is 0. The van der Waals surface area contributed by atoms with Crippen LogP contribution in [0.1, 0.15) is 40.5 Å². The van der Waals surface area contributed by atoms with Gasteiger partial charge >= 0.3 is 6.09 Å². The number of ether oxygens (including phenoxy) is 1. The number of ketones is 1. The average molecular weight is 237 g/mol. The number of allylic oxidation sites excluding steroid dienone is 1. The normalized spacial score (nSPS) is 24.9. The molecule has 4 heteroatoms. The molecular formula is C13H19NO3. The molecule has 0 radical (unpaired) electrons. The smallest absolute Gasteiger partial charge is 0.415 e. The molecular weight excluding hydrogens is 218 g/mol. The van der Waals surface area contributed by atoms with E-state index < -0.39 is 17.7 Å². The standard InChI is InChI=1S/C13H19NO3/c1-8-11(15)7-10(9-5-6-9)14(8)12(16)17-13(2,3)4/h7-9H,5-6H2,1-4H3. The average Bonchev–Trinajstić information content (AvgIpc) is 2.92. The van der Waals surface area contributed by atoms with E-state index in [0.717, 1.165) is 18.5 Å². The number of hydrogen-bond acceptors (Lipinski definition) is 3. The Morgan fingerprint density at radius 1 is 1.41 bits per heavy atom. The Kier molecular flexibility index (Phi) is 2.76. The minimum atomic E-state index is -0.531. The molecule has 2 rings (SSSR count). The Labute approximate surface area is 102 Å². The fraction of sp³-hybridized carbons (Fsp3) is 0.692. The van der Waals surface area contributed by atoms with E-state index in [1.807, 2.05) is 20.8 Å². The largest absolute Gasteiger partial charge is 0.443 e. The van der Waals surface area contributed by atoms with Crippen molar-refractivity contribution in [1.82, 2.24) is 4.90 Å². The first-order valence-corrected chi connectivity index (χ1v) is 6.07. The van der Waals surface area contributed by atoms with Crippen LogP contribution in [0.5, 0.6) is 0 Å². The summed E-state index contributed by atoms with van der Waals surface area (Å²) in [7, 11) is 0. The molecule has 0 N–H and O–H groups in total. The molecule has 0 aromatic carbocycles. The molecule has 2 aliphatic rings. The summed E-state index contributed by atoms with van der Waals surface area (Å²) in [5, 5.41) is 0. The van der Waals surface area contributed by atoms with Crippen LogP contribution in [-0.4, -0.2) is 28.4 Å². The van der Waals surface area contributed by atoms with Gasteiger partial charge in [0.15, 0.2) is 5.78 Å². The molecule has 1 saturated carbocycles. The van der Waals surface area contributed by atoms with E-state index in [1.165, 1.54) is 4.90 Å². The number of rotatable bonds is 1. The third-order valence-corrected chi connectivity index (χ3v) is 2.95. The van der Waals surface area contributed by atoms with Gasteiger partial charge in [-0.05, 0) is 46.5 Å². The zero-order valence-corrected chi connectivity index (χ0v) is 10.8. The second-order valence-corrected chi connectivity index (χ2v) is 5.77. The first kappa shape index (κ1) is 12.1. The highest BCUT2D eigenvalue weighted by Gasteiger charge is 2.42. The Morgan fingerprint density at radius 2 is 2.00 bits per heavy atom. The van der Waals surface area contributed by atoms with Crippen LogP contribution >= 0.6 is 0 Å². The maximum absolute atomic E-state index is 12.1. The van der Waals surface area contributed by atoms with Crippen molar-refractivity contribution in [3.8, 4) is 0 Å². The zero-order valence-electron chi connectivity index (χ0n) is 10.8. The van der Waals surface area contributed by atoms with Gasteiger partial charge in [0.25, 0.3) is 0 Å². The van der Waals surface area contributed by atoms with Crippen LogP contribution in [0.25, 0.3) is 0 Å². The summed E-state index contributed by atoms with van der Waals surface area (Å²) in [6.07, 6.45) is 3.32. The van der Waals surface area contributed by atoms with Gasteiger partial charge in [-0.1, -0.05) is 0 Å². The van der Waals surface area contributed by atoms with Gasteiger partial charge < -0.3 is 4.74 Å². The molecule has 1 fully saturated rings. The summed E-state index contributed by atoms with van der Waals surface area (Å²) in [5.41, 5.74) is 0.314. The summed E-state index contributed by atoms with van der Waals surface area (Å²) in [6, 6.07) is -0.416. The number of hydrogen-bond donors (Lipinski definition) is 0. The van der Waals surface area contributed by atoms with E-state index >= 15 is 0 Å². The lowest BCUT2D eigenvalue weighted by atomic mass is 10.2. The summed E-state index contributed by atoms with van der Waals surface area (Å²) in [5.74, 6) is 0.370. The van der Waals surface area contributed by atoms with Crippen molar-refractivity contribution in [2.24, 2.45) is 5.92 Å². The van der Waals surface area contributed by atoms with Crippen LogP contribution in [0.3, 0.4) is 0 Å². The Morgan fingerprint density at radius 3 is 2.47 bits per heavy atom. The highest BCUT2D eigenvalue weighted by molar-refractivity contribution is 6.00. The Balaban J connectivity index is 2.15. The molecule has 1 heterocycles. The molecule has 1 unspecified atom stereocenters. The first-order chi connectivity index (χ1) is 7.79. The quantitative estimate of drug-likeness (QED) is 0.704. The van der Waals surface area contributed by atoms with Crippen molar-refractivity contribution >= 4 is 11.9 Å². The molecule has 0 aromatic rings. The third-order valence-electron chi connectivity index (χ3n) is 2.95. The Bertz CT molecular complexity index is 388. The predicted octanol–water partition coefficient (Wildman–Crippen LogP) is 2.49. The molecule has 1 amide bonds. The predicted molar refractivity (Wildman–Crippen MR) is 63.3 cm³/mol. The molecule has 0 bridgehead atoms. The second-order valence-electron chi connectivity index (χ2n) is 5.77. The SMILES string of the molecule is CC1C(=O)C=C(C2CC2)N1C(=O)OC(C)(C)C. The summed E-state index contributed by atoms with van der Waals surface area (Å²) in [4.78, 5) is 25.3. The maximum Gasteiger partial charge on any atom is 0.415 e. The number of nitrogens with zero attached hydrogens (tertiary/aromatic N) is 1. The van der Waals surface area contributed by atoms with E-state index in [-0.39, 0.29) is 5.78 Å². The number of carbonyl (C=O) groups excluding carboxylic acids is 2. The minimum absolute atomic E-state index is 0.00207. The first-order valence-electron chi connectivity index (χ1n) is 6.07. The van der Waals surface area contributed by atoms with Crippen LogP contribution in [0.4, 0.5) is 4.79 Å². The van der Waals surface area contributed by atoms with Gasteiger partial charge in [0, 0.05) is 11.8 Å². The van der Waals surface area contributed by atoms with Crippen molar-refractivity contribution < 1.29 is 14.3 Å². The number of amides is 1. The summed E-state index contributed by atoms with van der Waals surface area (Å²) in [6.45, 7) is 7.23. The van der Waals surface area contributed by atoms with E-state index in [4.69, 9.17) is 4.74 Å². The van der Waals surface area contributed by atoms with Gasteiger partial charge in [-0.25, -0.2) is 4.79 Å². The molecule has 1 atom stereocenters. The van der Waals surface area contributed by atoms with Crippen LogP contribution in [0, 0.1) is 5.92 Å². The molecule has 94 valence electrons. The lowest BCUT2D eigenvalue weighted by molar-refractivity contribution is -0.117. The monoisotopic (exact) mass is 237 g/mol. The van der Waals surface area contributed by atoms with Gasteiger partial charge in [0.2, 0.25) is 0 Å². The summed E-state index contributed by atoms with van der Waals surface area (Å²) < 4.78 is 5.34. The zero-order chi connectivity index (χ0) is 12.8. The van der Waals surface area contributed by atoms with Crippen molar-refractivity contribution in [2.75, 3.05) is 0 Å². The van der Waals surface area contributed by atoms with Gasteiger partial charge in [0.1, 0.15) is 5.60 Å². The second kappa shape index (κ2) is 3.86. The highest BCUT2D eigenvalue weighted by atomic mass is 16.6. The van der Waals surface area contributed by atoms with E-state index in [0.29, 0.717) is 5.92 Å². The van der Waals surface area contributed by atoms with Crippen LogP contribution < -0.4 is 0 Å². The maximum atomic E-state index is 12.1. The minimum Gasteiger partial charge on any atom is -0.443 e. The fourth-order valence-corrected chi connectivity index (χ4v) is 1.96. The lowest BCUT2D eigenvalue weighted by Gasteiger charge is -2.28. The molecule has 1 aliphatic heterocycles. The van der Waals surface area contributed by atoms with E-state index in [1.54, 1.807) is 13.0 Å². The molecule has 17 heavy (non-hydrogen) atoms. The van der Waals surface area contributed by atoms with Crippen molar-refractivity contribution in [1.29, 1.82) is 0 Å².